The van der Waals surface area contributed by atoms with Crippen molar-refractivity contribution in [1.29, 1.82) is 0 Å². The quantitative estimate of drug-likeness (QED) is 0.802. The van der Waals surface area contributed by atoms with Gasteiger partial charge in [-0.2, -0.15) is 0 Å². The Morgan fingerprint density at radius 3 is 2.62 bits per heavy atom. The molecule has 0 saturated carbocycles. The summed E-state index contributed by atoms with van der Waals surface area (Å²) in [5, 5.41) is 12.6. The van der Waals surface area contributed by atoms with Gasteiger partial charge in [0.25, 0.3) is 0 Å². The number of aliphatic hydroxyl groups excluding tert-OH is 1. The number of rotatable bonds is 6. The van der Waals surface area contributed by atoms with Gasteiger partial charge in [-0.25, -0.2) is 0 Å². The summed E-state index contributed by atoms with van der Waals surface area (Å²) in [4.78, 5) is 2.80. The van der Waals surface area contributed by atoms with Gasteiger partial charge in [-0.1, -0.05) is 13.8 Å². The predicted octanol–water partition coefficient (Wildman–Crippen LogP) is 2.60. The molecule has 1 rings (SSSR count). The summed E-state index contributed by atoms with van der Waals surface area (Å²) < 4.78 is 0. The Bertz CT molecular complexity index is 319. The third-order valence-electron chi connectivity index (χ3n) is 2.66. The number of thiophene rings is 1. The average molecular weight is 241 g/mol. The second-order valence-electron chi connectivity index (χ2n) is 5.32. The summed E-state index contributed by atoms with van der Waals surface area (Å²) in [6.07, 6.45) is 1.07. The molecule has 0 bridgehead atoms. The van der Waals surface area contributed by atoms with Crippen molar-refractivity contribution in [2.45, 2.75) is 40.2 Å². The number of aryl methyl sites for hydroxylation is 1. The summed E-state index contributed by atoms with van der Waals surface area (Å²) in [5.41, 5.74) is -0.0281. The first-order valence-electron chi connectivity index (χ1n) is 5.82. The minimum atomic E-state index is -0.0281. The normalized spacial score (nSPS) is 14.1. The lowest BCUT2D eigenvalue weighted by atomic mass is 9.94. The molecule has 1 aromatic rings. The van der Waals surface area contributed by atoms with Crippen molar-refractivity contribution in [3.63, 3.8) is 0 Å². The van der Waals surface area contributed by atoms with Crippen molar-refractivity contribution in [3.05, 3.63) is 21.9 Å². The Morgan fingerprint density at radius 2 is 2.12 bits per heavy atom. The van der Waals surface area contributed by atoms with E-state index in [1.54, 1.807) is 0 Å². The number of hydrogen-bond acceptors (Lipinski definition) is 3. The van der Waals surface area contributed by atoms with Crippen LogP contribution in [0.4, 0.5) is 0 Å². The Hall–Kier alpha value is -0.380. The maximum absolute atomic E-state index is 9.16. The van der Waals surface area contributed by atoms with E-state index in [0.29, 0.717) is 6.04 Å². The van der Waals surface area contributed by atoms with E-state index >= 15 is 0 Å². The minimum Gasteiger partial charge on any atom is -0.396 e. The van der Waals surface area contributed by atoms with E-state index in [1.807, 2.05) is 11.3 Å². The zero-order valence-corrected chi connectivity index (χ0v) is 11.5. The van der Waals surface area contributed by atoms with Crippen molar-refractivity contribution in [2.24, 2.45) is 5.41 Å². The summed E-state index contributed by atoms with van der Waals surface area (Å²) in [5.74, 6) is 0. The topological polar surface area (TPSA) is 32.3 Å². The van der Waals surface area contributed by atoms with Crippen LogP contribution in [0.1, 0.15) is 30.5 Å². The fourth-order valence-electron chi connectivity index (χ4n) is 1.48. The molecule has 16 heavy (non-hydrogen) atoms. The lowest BCUT2D eigenvalue weighted by molar-refractivity contribution is 0.154. The van der Waals surface area contributed by atoms with Gasteiger partial charge in [-0.05, 0) is 32.4 Å². The Morgan fingerprint density at radius 1 is 1.44 bits per heavy atom. The van der Waals surface area contributed by atoms with Crippen LogP contribution in [0, 0.1) is 12.3 Å². The summed E-state index contributed by atoms with van der Waals surface area (Å²) in [6.45, 7) is 9.56. The second-order valence-corrected chi connectivity index (χ2v) is 6.69. The molecular formula is C13H23NOS. The highest BCUT2D eigenvalue weighted by molar-refractivity contribution is 7.11. The smallest absolute Gasteiger partial charge is 0.0494 e. The molecule has 1 heterocycles. The first kappa shape index (κ1) is 13.7. The van der Waals surface area contributed by atoms with Gasteiger partial charge >= 0.3 is 0 Å². The van der Waals surface area contributed by atoms with E-state index in [2.05, 4.69) is 45.1 Å². The van der Waals surface area contributed by atoms with Crippen LogP contribution >= 0.6 is 11.3 Å². The molecule has 2 N–H and O–H groups in total. The molecule has 92 valence electrons. The Labute approximate surface area is 103 Å². The molecule has 0 aliphatic rings. The first-order chi connectivity index (χ1) is 7.43. The summed E-state index contributed by atoms with van der Waals surface area (Å²) >= 11 is 1.87. The molecule has 0 amide bonds. The van der Waals surface area contributed by atoms with Crippen LogP contribution in [-0.4, -0.2) is 24.3 Å². The number of aliphatic hydroxyl groups is 1. The van der Waals surface area contributed by atoms with Crippen molar-refractivity contribution in [2.75, 3.05) is 13.2 Å². The van der Waals surface area contributed by atoms with Crippen LogP contribution in [0.5, 0.6) is 0 Å². The van der Waals surface area contributed by atoms with Gasteiger partial charge in [0.2, 0.25) is 0 Å². The zero-order valence-electron chi connectivity index (χ0n) is 10.7. The van der Waals surface area contributed by atoms with Gasteiger partial charge in [-0.15, -0.1) is 11.3 Å². The van der Waals surface area contributed by atoms with Gasteiger partial charge in [0.15, 0.2) is 0 Å². The standard InChI is InChI=1S/C13H23NOS/c1-10(14-8-13(3,4)9-15)7-12-6-5-11(2)16-12/h5-6,10,14-15H,7-9H2,1-4H3. The van der Waals surface area contributed by atoms with Gasteiger partial charge in [-0.3, -0.25) is 0 Å². The molecule has 3 heteroatoms. The van der Waals surface area contributed by atoms with E-state index in [9.17, 15) is 0 Å². The van der Waals surface area contributed by atoms with Crippen molar-refractivity contribution in [1.82, 2.24) is 5.32 Å². The minimum absolute atomic E-state index is 0.0281. The van der Waals surface area contributed by atoms with Crippen LogP contribution in [0.2, 0.25) is 0 Å². The SMILES string of the molecule is Cc1ccc(CC(C)NCC(C)(C)CO)s1. The molecule has 0 fully saturated rings. The van der Waals surface area contributed by atoms with E-state index < -0.39 is 0 Å². The fraction of sp³-hybridized carbons (Fsp3) is 0.692. The van der Waals surface area contributed by atoms with E-state index in [1.165, 1.54) is 9.75 Å². The fourth-order valence-corrected chi connectivity index (χ4v) is 2.49. The molecule has 0 radical (unpaired) electrons. The van der Waals surface area contributed by atoms with Crippen molar-refractivity contribution >= 4 is 11.3 Å². The summed E-state index contributed by atoms with van der Waals surface area (Å²) in [7, 11) is 0. The van der Waals surface area contributed by atoms with Crippen LogP contribution in [-0.2, 0) is 6.42 Å². The van der Waals surface area contributed by atoms with Gasteiger partial charge in [0, 0.05) is 34.4 Å². The molecule has 0 aliphatic heterocycles. The highest BCUT2D eigenvalue weighted by Crippen LogP contribution is 2.17. The predicted molar refractivity (Wildman–Crippen MR) is 71.1 cm³/mol. The van der Waals surface area contributed by atoms with E-state index in [0.717, 1.165) is 13.0 Å². The van der Waals surface area contributed by atoms with Crippen molar-refractivity contribution in [3.8, 4) is 0 Å². The maximum atomic E-state index is 9.16. The molecule has 0 saturated heterocycles. The van der Waals surface area contributed by atoms with Gasteiger partial charge in [0.05, 0.1) is 0 Å². The molecule has 0 aromatic carbocycles. The Kier molecular flexibility index (Phi) is 4.96. The monoisotopic (exact) mass is 241 g/mol. The van der Waals surface area contributed by atoms with E-state index in [-0.39, 0.29) is 12.0 Å². The highest BCUT2D eigenvalue weighted by Gasteiger charge is 2.17. The van der Waals surface area contributed by atoms with Crippen LogP contribution in [0.3, 0.4) is 0 Å². The number of hydrogen-bond donors (Lipinski definition) is 2. The third-order valence-corrected chi connectivity index (χ3v) is 3.68. The van der Waals surface area contributed by atoms with Crippen LogP contribution < -0.4 is 5.32 Å². The van der Waals surface area contributed by atoms with Crippen LogP contribution in [0.15, 0.2) is 12.1 Å². The van der Waals surface area contributed by atoms with Gasteiger partial charge < -0.3 is 10.4 Å². The molecule has 1 unspecified atom stereocenters. The number of nitrogens with one attached hydrogen (secondary N) is 1. The lowest BCUT2D eigenvalue weighted by Crippen LogP contribution is -2.38. The zero-order chi connectivity index (χ0) is 12.2. The second kappa shape index (κ2) is 5.80. The van der Waals surface area contributed by atoms with Gasteiger partial charge in [0.1, 0.15) is 0 Å². The summed E-state index contributed by atoms with van der Waals surface area (Å²) in [6, 6.07) is 4.84. The van der Waals surface area contributed by atoms with Crippen LogP contribution in [0.25, 0.3) is 0 Å². The largest absolute Gasteiger partial charge is 0.396 e. The Balaban J connectivity index is 2.34. The third kappa shape index (κ3) is 4.64. The molecular weight excluding hydrogens is 218 g/mol. The lowest BCUT2D eigenvalue weighted by Gasteiger charge is -2.24. The first-order valence-corrected chi connectivity index (χ1v) is 6.64. The van der Waals surface area contributed by atoms with E-state index in [4.69, 9.17) is 5.11 Å². The molecule has 0 spiro atoms. The highest BCUT2D eigenvalue weighted by atomic mass is 32.1. The molecule has 2 nitrogen and oxygen atoms in total. The van der Waals surface area contributed by atoms with Crippen molar-refractivity contribution < 1.29 is 5.11 Å². The average Bonchev–Trinajstić information content (AvgIpc) is 2.61. The molecule has 1 atom stereocenters. The molecule has 1 aromatic heterocycles. The maximum Gasteiger partial charge on any atom is 0.0494 e. The molecule has 0 aliphatic carbocycles.